The van der Waals surface area contributed by atoms with Crippen LogP contribution in [0.15, 0.2) is 0 Å². The normalized spacial score (nSPS) is 18.5. The SMILES string of the molecule is CSCCC(NC(=O)C(CS)NC(=O)C(CCC(N)=O)NC(=O)C1CCCN1)C(=O)O. The fraction of sp³-hybridized carbons (Fsp3) is 0.722. The Kier molecular flexibility index (Phi) is 12.3. The second kappa shape index (κ2) is 14.1. The predicted molar refractivity (Wildman–Crippen MR) is 120 cm³/mol. The van der Waals surface area contributed by atoms with Crippen LogP contribution in [0.1, 0.15) is 32.1 Å². The van der Waals surface area contributed by atoms with Crippen LogP contribution >= 0.6 is 24.4 Å². The van der Waals surface area contributed by atoms with Gasteiger partial charge in [-0.3, -0.25) is 19.2 Å². The molecule has 4 unspecified atom stereocenters. The van der Waals surface area contributed by atoms with Gasteiger partial charge >= 0.3 is 5.97 Å². The molecule has 0 bridgehead atoms. The maximum absolute atomic E-state index is 12.7. The minimum absolute atomic E-state index is 0.0357. The first-order valence-electron chi connectivity index (χ1n) is 9.95. The van der Waals surface area contributed by atoms with Crippen LogP contribution in [0.4, 0.5) is 0 Å². The van der Waals surface area contributed by atoms with Crippen LogP contribution in [0.2, 0.25) is 0 Å². The number of hydrogen-bond donors (Lipinski definition) is 7. The number of aliphatic carboxylic acids is 1. The lowest BCUT2D eigenvalue weighted by Gasteiger charge is -2.24. The summed E-state index contributed by atoms with van der Waals surface area (Å²) in [5.74, 6) is -3.13. The number of rotatable bonds is 14. The highest BCUT2D eigenvalue weighted by atomic mass is 32.2. The highest BCUT2D eigenvalue weighted by molar-refractivity contribution is 7.98. The van der Waals surface area contributed by atoms with E-state index >= 15 is 0 Å². The Labute approximate surface area is 190 Å². The number of carbonyl (C=O) groups is 5. The molecule has 1 rings (SSSR count). The Morgan fingerprint density at radius 3 is 2.26 bits per heavy atom. The molecule has 1 aliphatic heterocycles. The number of carboxylic acids is 1. The van der Waals surface area contributed by atoms with Crippen molar-refractivity contribution in [3.8, 4) is 0 Å². The third-order valence-electron chi connectivity index (χ3n) is 4.73. The summed E-state index contributed by atoms with van der Waals surface area (Å²) in [5.41, 5.74) is 5.16. The summed E-state index contributed by atoms with van der Waals surface area (Å²) in [4.78, 5) is 60.1. The van der Waals surface area contributed by atoms with Gasteiger partial charge in [0.2, 0.25) is 23.6 Å². The van der Waals surface area contributed by atoms with Crippen molar-refractivity contribution in [2.24, 2.45) is 5.73 Å². The zero-order valence-corrected chi connectivity index (χ0v) is 19.1. The molecule has 1 heterocycles. The summed E-state index contributed by atoms with van der Waals surface area (Å²) >= 11 is 5.51. The Bertz CT molecular complexity index is 659. The van der Waals surface area contributed by atoms with E-state index in [2.05, 4.69) is 33.9 Å². The van der Waals surface area contributed by atoms with Gasteiger partial charge in [-0.25, -0.2) is 4.79 Å². The molecule has 13 heteroatoms. The van der Waals surface area contributed by atoms with E-state index in [1.54, 1.807) is 0 Å². The van der Waals surface area contributed by atoms with Gasteiger partial charge in [0.05, 0.1) is 6.04 Å². The molecule has 0 spiro atoms. The summed E-state index contributed by atoms with van der Waals surface area (Å²) in [6, 6.07) is -3.73. The van der Waals surface area contributed by atoms with Crippen LogP contribution in [0.5, 0.6) is 0 Å². The lowest BCUT2D eigenvalue weighted by Crippen LogP contribution is -2.57. The van der Waals surface area contributed by atoms with Gasteiger partial charge in [-0.05, 0) is 44.2 Å². The minimum atomic E-state index is -1.18. The van der Waals surface area contributed by atoms with Crippen molar-refractivity contribution >= 4 is 54.0 Å². The van der Waals surface area contributed by atoms with Crippen LogP contribution in [0.3, 0.4) is 0 Å². The third-order valence-corrected chi connectivity index (χ3v) is 5.74. The number of hydrogen-bond acceptors (Lipinski definition) is 8. The predicted octanol–water partition coefficient (Wildman–Crippen LogP) is -1.77. The standard InChI is InChI=1S/C18H31N5O6S2/c1-31-8-6-12(18(28)29)22-17(27)13(9-30)23-16(26)11(4-5-14(19)24)21-15(25)10-3-2-7-20-10/h10-13,20,30H,2-9H2,1H3,(H2,19,24)(H,21,25)(H,22,27)(H,23,26)(H,28,29). The monoisotopic (exact) mass is 477 g/mol. The Morgan fingerprint density at radius 2 is 1.74 bits per heavy atom. The van der Waals surface area contributed by atoms with Crippen molar-refractivity contribution in [2.75, 3.05) is 24.3 Å². The van der Waals surface area contributed by atoms with E-state index in [0.29, 0.717) is 18.7 Å². The average molecular weight is 478 g/mol. The summed E-state index contributed by atoms with van der Waals surface area (Å²) in [6.45, 7) is 0.694. The average Bonchev–Trinajstić information content (AvgIpc) is 3.26. The number of carboxylic acid groups (broad SMARTS) is 1. The molecule has 0 aromatic heterocycles. The summed E-state index contributed by atoms with van der Waals surface area (Å²) in [6.07, 6.45) is 3.33. The molecule has 4 amide bonds. The molecule has 176 valence electrons. The Hall–Kier alpha value is -1.99. The lowest BCUT2D eigenvalue weighted by atomic mass is 10.1. The molecule has 0 aromatic rings. The highest BCUT2D eigenvalue weighted by Crippen LogP contribution is 2.07. The number of nitrogens with one attached hydrogen (secondary N) is 4. The molecule has 0 aromatic carbocycles. The van der Waals surface area contributed by atoms with Gasteiger partial charge < -0.3 is 32.1 Å². The van der Waals surface area contributed by atoms with Crippen molar-refractivity contribution in [1.82, 2.24) is 21.3 Å². The molecule has 11 nitrogen and oxygen atoms in total. The van der Waals surface area contributed by atoms with Crippen LogP contribution in [-0.4, -0.2) is 83.2 Å². The molecule has 0 saturated carbocycles. The van der Waals surface area contributed by atoms with Crippen molar-refractivity contribution in [3.63, 3.8) is 0 Å². The number of carbonyl (C=O) groups excluding carboxylic acids is 4. The minimum Gasteiger partial charge on any atom is -0.480 e. The van der Waals surface area contributed by atoms with Gasteiger partial charge in [-0.15, -0.1) is 0 Å². The quantitative estimate of drug-likeness (QED) is 0.144. The van der Waals surface area contributed by atoms with Crippen molar-refractivity contribution in [3.05, 3.63) is 0 Å². The second-order valence-corrected chi connectivity index (χ2v) is 8.49. The highest BCUT2D eigenvalue weighted by Gasteiger charge is 2.31. The van der Waals surface area contributed by atoms with Crippen LogP contribution < -0.4 is 27.0 Å². The second-order valence-electron chi connectivity index (χ2n) is 7.14. The van der Waals surface area contributed by atoms with Crippen molar-refractivity contribution < 1.29 is 29.1 Å². The summed E-state index contributed by atoms with van der Waals surface area (Å²) in [5, 5.41) is 19.8. The topological polar surface area (TPSA) is 180 Å². The van der Waals surface area contributed by atoms with E-state index in [1.807, 2.05) is 6.26 Å². The molecule has 0 aliphatic carbocycles. The van der Waals surface area contributed by atoms with Gasteiger partial charge in [-0.1, -0.05) is 0 Å². The third kappa shape index (κ3) is 9.78. The van der Waals surface area contributed by atoms with Gasteiger partial charge in [0.15, 0.2) is 0 Å². The van der Waals surface area contributed by atoms with Gasteiger partial charge in [0, 0.05) is 12.2 Å². The molecule has 1 saturated heterocycles. The van der Waals surface area contributed by atoms with E-state index in [9.17, 15) is 29.1 Å². The van der Waals surface area contributed by atoms with Crippen LogP contribution in [-0.2, 0) is 24.0 Å². The molecule has 0 radical (unpaired) electrons. The summed E-state index contributed by atoms with van der Waals surface area (Å²) < 4.78 is 0. The molecular weight excluding hydrogens is 446 g/mol. The number of thiol groups is 1. The fourth-order valence-corrected chi connectivity index (χ4v) is 3.70. The van der Waals surface area contributed by atoms with Crippen LogP contribution in [0.25, 0.3) is 0 Å². The van der Waals surface area contributed by atoms with E-state index in [-0.39, 0.29) is 30.9 Å². The largest absolute Gasteiger partial charge is 0.480 e. The smallest absolute Gasteiger partial charge is 0.326 e. The van der Waals surface area contributed by atoms with E-state index < -0.39 is 47.9 Å². The Balaban J connectivity index is 2.78. The maximum Gasteiger partial charge on any atom is 0.326 e. The van der Waals surface area contributed by atoms with Crippen molar-refractivity contribution in [2.45, 2.75) is 56.3 Å². The van der Waals surface area contributed by atoms with Crippen LogP contribution in [0, 0.1) is 0 Å². The van der Waals surface area contributed by atoms with Gasteiger partial charge in [-0.2, -0.15) is 24.4 Å². The molecule has 1 aliphatic rings. The Morgan fingerprint density at radius 1 is 1.10 bits per heavy atom. The molecule has 7 N–H and O–H groups in total. The summed E-state index contributed by atoms with van der Waals surface area (Å²) in [7, 11) is 0. The molecule has 1 fully saturated rings. The van der Waals surface area contributed by atoms with E-state index in [4.69, 9.17) is 5.73 Å². The fourth-order valence-electron chi connectivity index (χ4n) is 2.97. The first-order valence-corrected chi connectivity index (χ1v) is 12.0. The maximum atomic E-state index is 12.7. The lowest BCUT2D eigenvalue weighted by molar-refractivity contribution is -0.142. The molecular formula is C18H31N5O6S2. The number of thioether (sulfide) groups is 1. The van der Waals surface area contributed by atoms with Gasteiger partial charge in [0.1, 0.15) is 18.1 Å². The van der Waals surface area contributed by atoms with E-state index in [0.717, 1.165) is 6.42 Å². The molecule has 4 atom stereocenters. The number of amides is 4. The van der Waals surface area contributed by atoms with E-state index in [1.165, 1.54) is 11.8 Å². The number of primary amides is 1. The number of nitrogens with two attached hydrogens (primary N) is 1. The van der Waals surface area contributed by atoms with Crippen molar-refractivity contribution in [1.29, 1.82) is 0 Å². The first kappa shape index (κ1) is 27.0. The zero-order valence-electron chi connectivity index (χ0n) is 17.4. The zero-order chi connectivity index (χ0) is 23.4. The molecule has 31 heavy (non-hydrogen) atoms. The van der Waals surface area contributed by atoms with Gasteiger partial charge in [0.25, 0.3) is 0 Å². The first-order chi connectivity index (χ1) is 14.7.